The average Bonchev–Trinajstić information content (AvgIpc) is 3.03. The molecule has 1 fully saturated rings. The summed E-state index contributed by atoms with van der Waals surface area (Å²) < 4.78 is 0. The van der Waals surface area contributed by atoms with E-state index >= 15 is 0 Å². The van der Waals surface area contributed by atoms with Crippen LogP contribution in [-0.4, -0.2) is 50.1 Å². The van der Waals surface area contributed by atoms with E-state index in [9.17, 15) is 4.79 Å². The molecule has 0 saturated carbocycles. The van der Waals surface area contributed by atoms with Crippen molar-refractivity contribution in [1.29, 1.82) is 5.26 Å². The van der Waals surface area contributed by atoms with Crippen LogP contribution in [0.3, 0.4) is 0 Å². The van der Waals surface area contributed by atoms with Crippen LogP contribution in [-0.2, 0) is 4.79 Å². The predicted molar refractivity (Wildman–Crippen MR) is 87.5 cm³/mol. The second-order valence-corrected chi connectivity index (χ2v) is 5.66. The van der Waals surface area contributed by atoms with E-state index in [-0.39, 0.29) is 11.9 Å². The van der Waals surface area contributed by atoms with Crippen LogP contribution in [0.25, 0.3) is 0 Å². The minimum Gasteiger partial charge on any atom is -0.375 e. The van der Waals surface area contributed by atoms with E-state index in [1.807, 2.05) is 18.2 Å². The van der Waals surface area contributed by atoms with Gasteiger partial charge in [0.2, 0.25) is 5.91 Å². The smallest absolute Gasteiger partial charge is 0.237 e. The highest BCUT2D eigenvalue weighted by Crippen LogP contribution is 2.16. The Balaban J connectivity index is 1.61. The number of nitrogens with zero attached hydrogens (tertiary/aromatic N) is 3. The van der Waals surface area contributed by atoms with E-state index in [0.717, 1.165) is 38.9 Å². The fraction of sp³-hybridized carbons (Fsp3) is 0.529. The number of likely N-dealkylation sites (tertiary alicyclic amines) is 1. The zero-order valence-corrected chi connectivity index (χ0v) is 13.2. The van der Waals surface area contributed by atoms with Crippen molar-refractivity contribution in [1.82, 2.24) is 10.2 Å². The van der Waals surface area contributed by atoms with E-state index in [0.29, 0.717) is 6.54 Å². The lowest BCUT2D eigenvalue weighted by molar-refractivity contribution is -0.130. The van der Waals surface area contributed by atoms with E-state index in [1.54, 1.807) is 4.90 Å². The first kappa shape index (κ1) is 16.3. The highest BCUT2D eigenvalue weighted by atomic mass is 16.2. The Morgan fingerprint density at radius 1 is 1.45 bits per heavy atom. The first-order valence-electron chi connectivity index (χ1n) is 7.88. The maximum absolute atomic E-state index is 12.0. The Hall–Kier alpha value is -2.06. The van der Waals surface area contributed by atoms with Gasteiger partial charge in [0, 0.05) is 25.8 Å². The monoisotopic (exact) mass is 300 g/mol. The molecule has 22 heavy (non-hydrogen) atoms. The molecule has 1 aliphatic rings. The van der Waals surface area contributed by atoms with Crippen molar-refractivity contribution in [2.45, 2.75) is 25.3 Å². The van der Waals surface area contributed by atoms with Gasteiger partial charge in [-0.25, -0.2) is 0 Å². The van der Waals surface area contributed by atoms with Gasteiger partial charge in [0.05, 0.1) is 12.6 Å². The quantitative estimate of drug-likeness (QED) is 0.777. The molecule has 2 rings (SSSR count). The Labute approximate surface area is 132 Å². The minimum absolute atomic E-state index is 0.0421. The fourth-order valence-electron chi connectivity index (χ4n) is 2.75. The molecule has 5 nitrogen and oxygen atoms in total. The van der Waals surface area contributed by atoms with Gasteiger partial charge < -0.3 is 15.1 Å². The van der Waals surface area contributed by atoms with Crippen molar-refractivity contribution in [3.63, 3.8) is 0 Å². The first-order valence-corrected chi connectivity index (χ1v) is 7.88. The summed E-state index contributed by atoms with van der Waals surface area (Å²) in [6.07, 6.45) is 2.72. The summed E-state index contributed by atoms with van der Waals surface area (Å²) >= 11 is 0. The number of carbonyl (C=O) groups excluding carboxylic acids is 1. The number of hydrogen-bond acceptors (Lipinski definition) is 4. The first-order chi connectivity index (χ1) is 10.7. The fourth-order valence-corrected chi connectivity index (χ4v) is 2.75. The van der Waals surface area contributed by atoms with Gasteiger partial charge in [0.15, 0.2) is 0 Å². The zero-order valence-electron chi connectivity index (χ0n) is 13.2. The lowest BCUT2D eigenvalue weighted by atomic mass is 10.2. The summed E-state index contributed by atoms with van der Waals surface area (Å²) in [6, 6.07) is 12.2. The highest BCUT2D eigenvalue weighted by molar-refractivity contribution is 5.79. The molecule has 1 N–H and O–H groups in total. The Morgan fingerprint density at radius 2 is 2.23 bits per heavy atom. The topological polar surface area (TPSA) is 59.4 Å². The van der Waals surface area contributed by atoms with Crippen LogP contribution in [0.1, 0.15) is 19.3 Å². The van der Waals surface area contributed by atoms with Crippen LogP contribution in [0.5, 0.6) is 0 Å². The maximum atomic E-state index is 12.0. The summed E-state index contributed by atoms with van der Waals surface area (Å²) in [6.45, 7) is 2.78. The molecule has 118 valence electrons. The molecule has 1 amide bonds. The molecule has 1 aliphatic heterocycles. The third-order valence-electron chi connectivity index (χ3n) is 4.04. The Bertz CT molecular complexity index is 511. The molecule has 0 radical (unpaired) electrons. The van der Waals surface area contributed by atoms with Gasteiger partial charge in [-0.1, -0.05) is 18.2 Å². The molecule has 0 aromatic heterocycles. The SMILES string of the molecule is CN(CCCNCC(=O)N1CCCC1C#N)c1ccccc1. The number of benzene rings is 1. The average molecular weight is 300 g/mol. The van der Waals surface area contributed by atoms with Gasteiger partial charge in [-0.15, -0.1) is 0 Å². The van der Waals surface area contributed by atoms with Crippen molar-refractivity contribution in [3.8, 4) is 6.07 Å². The van der Waals surface area contributed by atoms with Gasteiger partial charge in [-0.3, -0.25) is 4.79 Å². The molecule has 0 aliphatic carbocycles. The van der Waals surface area contributed by atoms with E-state index in [2.05, 4.69) is 35.5 Å². The molecule has 0 bridgehead atoms. The van der Waals surface area contributed by atoms with Crippen LogP contribution >= 0.6 is 0 Å². The molecular weight excluding hydrogens is 276 g/mol. The van der Waals surface area contributed by atoms with Crippen LogP contribution in [0.15, 0.2) is 30.3 Å². The molecule has 1 heterocycles. The van der Waals surface area contributed by atoms with E-state index in [4.69, 9.17) is 5.26 Å². The third-order valence-corrected chi connectivity index (χ3v) is 4.04. The van der Waals surface area contributed by atoms with Crippen molar-refractivity contribution in [2.24, 2.45) is 0 Å². The van der Waals surface area contributed by atoms with Crippen LogP contribution in [0, 0.1) is 11.3 Å². The summed E-state index contributed by atoms with van der Waals surface area (Å²) in [7, 11) is 2.07. The number of para-hydroxylation sites is 1. The molecule has 1 aromatic carbocycles. The molecule has 5 heteroatoms. The normalized spacial score (nSPS) is 17.3. The third kappa shape index (κ3) is 4.47. The Morgan fingerprint density at radius 3 is 2.95 bits per heavy atom. The Kier molecular flexibility index (Phi) is 6.23. The summed E-state index contributed by atoms with van der Waals surface area (Å²) in [5, 5.41) is 12.2. The van der Waals surface area contributed by atoms with E-state index in [1.165, 1.54) is 5.69 Å². The van der Waals surface area contributed by atoms with Gasteiger partial charge in [-0.05, 0) is 37.9 Å². The number of rotatable bonds is 7. The van der Waals surface area contributed by atoms with Crippen molar-refractivity contribution in [3.05, 3.63) is 30.3 Å². The minimum atomic E-state index is -0.224. The van der Waals surface area contributed by atoms with Gasteiger partial charge >= 0.3 is 0 Å². The summed E-state index contributed by atoms with van der Waals surface area (Å²) in [4.78, 5) is 15.9. The summed E-state index contributed by atoms with van der Waals surface area (Å²) in [5.74, 6) is 0.0421. The maximum Gasteiger partial charge on any atom is 0.237 e. The number of carbonyl (C=O) groups is 1. The second-order valence-electron chi connectivity index (χ2n) is 5.66. The zero-order chi connectivity index (χ0) is 15.8. The number of anilines is 1. The second kappa shape index (κ2) is 8.40. The summed E-state index contributed by atoms with van der Waals surface area (Å²) in [5.41, 5.74) is 1.20. The number of amides is 1. The standard InChI is InChI=1S/C17H24N4O/c1-20(15-7-3-2-4-8-15)11-6-10-19-14-17(22)21-12-5-9-16(21)13-18/h2-4,7-8,16,19H,5-6,9-12,14H2,1H3. The van der Waals surface area contributed by atoms with Crippen molar-refractivity contribution >= 4 is 11.6 Å². The lowest BCUT2D eigenvalue weighted by Gasteiger charge is -2.21. The largest absolute Gasteiger partial charge is 0.375 e. The van der Waals surface area contributed by atoms with Crippen molar-refractivity contribution < 1.29 is 4.79 Å². The van der Waals surface area contributed by atoms with Gasteiger partial charge in [0.1, 0.15) is 6.04 Å². The predicted octanol–water partition coefficient (Wildman–Crippen LogP) is 1.62. The molecule has 0 spiro atoms. The number of nitrogens with one attached hydrogen (secondary N) is 1. The lowest BCUT2D eigenvalue weighted by Crippen LogP contribution is -2.41. The van der Waals surface area contributed by atoms with Gasteiger partial charge in [0.25, 0.3) is 0 Å². The highest BCUT2D eigenvalue weighted by Gasteiger charge is 2.27. The number of hydrogen-bond donors (Lipinski definition) is 1. The van der Waals surface area contributed by atoms with Crippen LogP contribution < -0.4 is 10.2 Å². The molecular formula is C17H24N4O. The molecule has 1 saturated heterocycles. The van der Waals surface area contributed by atoms with Crippen LogP contribution in [0.4, 0.5) is 5.69 Å². The molecule has 1 aromatic rings. The van der Waals surface area contributed by atoms with Crippen molar-refractivity contribution in [2.75, 3.05) is 38.1 Å². The van der Waals surface area contributed by atoms with Gasteiger partial charge in [-0.2, -0.15) is 5.26 Å². The number of nitriles is 1. The molecule has 1 atom stereocenters. The van der Waals surface area contributed by atoms with E-state index < -0.39 is 0 Å². The van der Waals surface area contributed by atoms with Crippen LogP contribution in [0.2, 0.25) is 0 Å². The molecule has 1 unspecified atom stereocenters.